The zero-order valence-corrected chi connectivity index (χ0v) is 16.0. The van der Waals surface area contributed by atoms with E-state index in [1.165, 1.54) is 11.8 Å². The largest absolute Gasteiger partial charge is 0.480 e. The zero-order chi connectivity index (χ0) is 19.6. The smallest absolute Gasteiger partial charge is 0.323 e. The summed E-state index contributed by atoms with van der Waals surface area (Å²) in [4.78, 5) is 37.2. The van der Waals surface area contributed by atoms with E-state index in [1.807, 2.05) is 60.7 Å². The molecule has 2 aromatic rings. The van der Waals surface area contributed by atoms with Gasteiger partial charge in [0.25, 0.3) is 0 Å². The van der Waals surface area contributed by atoms with Crippen LogP contribution in [0.4, 0.5) is 0 Å². The Morgan fingerprint density at radius 1 is 0.963 bits per heavy atom. The first kappa shape index (κ1) is 20.7. The van der Waals surface area contributed by atoms with E-state index in [2.05, 4.69) is 0 Å². The van der Waals surface area contributed by atoms with Crippen molar-refractivity contribution >= 4 is 28.8 Å². The van der Waals surface area contributed by atoms with E-state index in [9.17, 15) is 19.5 Å². The summed E-state index contributed by atoms with van der Waals surface area (Å²) < 4.78 is 0. The number of hydrogen-bond donors (Lipinski definition) is 1. The summed E-state index contributed by atoms with van der Waals surface area (Å²) in [7, 11) is 0. The molecule has 0 saturated heterocycles. The summed E-state index contributed by atoms with van der Waals surface area (Å²) in [6.07, 6.45) is 0.463. The minimum atomic E-state index is -1.06. The fourth-order valence-electron chi connectivity index (χ4n) is 2.77. The topological polar surface area (TPSA) is 74.7 Å². The summed E-state index contributed by atoms with van der Waals surface area (Å²) >= 11 is 1.10. The van der Waals surface area contributed by atoms with Gasteiger partial charge in [0.2, 0.25) is 5.91 Å². The molecule has 2 rings (SSSR count). The van der Waals surface area contributed by atoms with E-state index in [4.69, 9.17) is 0 Å². The van der Waals surface area contributed by atoms with Gasteiger partial charge >= 0.3 is 5.97 Å². The molecule has 1 amide bonds. The van der Waals surface area contributed by atoms with E-state index in [0.717, 1.165) is 22.9 Å². The van der Waals surface area contributed by atoms with Crippen molar-refractivity contribution in [2.75, 3.05) is 12.3 Å². The van der Waals surface area contributed by atoms with Crippen molar-refractivity contribution in [3.8, 4) is 0 Å². The lowest BCUT2D eigenvalue weighted by molar-refractivity contribution is -0.146. The standard InChI is InChI=1S/C21H23NO4S/c1-16(23)27-15-19(12-17-8-4-2-5-9-17)21(26)22(14-20(24)25)13-18-10-6-3-7-11-18/h2-11,19H,12-15H2,1H3,(H,24,25). The molecule has 27 heavy (non-hydrogen) atoms. The number of thioether (sulfide) groups is 1. The molecular weight excluding hydrogens is 362 g/mol. The highest BCUT2D eigenvalue weighted by molar-refractivity contribution is 8.13. The van der Waals surface area contributed by atoms with Crippen LogP contribution in [0.5, 0.6) is 0 Å². The fourth-order valence-corrected chi connectivity index (χ4v) is 3.47. The normalized spacial score (nSPS) is 11.6. The predicted molar refractivity (Wildman–Crippen MR) is 106 cm³/mol. The van der Waals surface area contributed by atoms with Crippen LogP contribution in [0.1, 0.15) is 18.1 Å². The SMILES string of the molecule is CC(=O)SCC(Cc1ccccc1)C(=O)N(CC(=O)O)Cc1ccccc1. The molecule has 0 aliphatic rings. The second-order valence-electron chi connectivity index (χ2n) is 6.26. The minimum absolute atomic E-state index is 0.0614. The number of rotatable bonds is 9. The van der Waals surface area contributed by atoms with E-state index < -0.39 is 11.9 Å². The van der Waals surface area contributed by atoms with Gasteiger partial charge in [-0.25, -0.2) is 0 Å². The van der Waals surface area contributed by atoms with Gasteiger partial charge in [0.1, 0.15) is 6.54 Å². The Morgan fingerprint density at radius 2 is 1.52 bits per heavy atom. The van der Waals surface area contributed by atoms with Crippen molar-refractivity contribution < 1.29 is 19.5 Å². The Balaban J connectivity index is 2.20. The van der Waals surface area contributed by atoms with Crippen molar-refractivity contribution in [2.45, 2.75) is 19.9 Å². The molecule has 0 bridgehead atoms. The Bertz CT molecular complexity index is 764. The van der Waals surface area contributed by atoms with Crippen LogP contribution in [-0.4, -0.2) is 39.3 Å². The van der Waals surface area contributed by atoms with Gasteiger partial charge in [0.05, 0.1) is 5.92 Å². The monoisotopic (exact) mass is 385 g/mol. The lowest BCUT2D eigenvalue weighted by Gasteiger charge is -2.26. The Kier molecular flexibility index (Phi) is 8.07. The van der Waals surface area contributed by atoms with Gasteiger partial charge in [-0.05, 0) is 17.5 Å². The first-order chi connectivity index (χ1) is 13.0. The number of carboxylic acid groups (broad SMARTS) is 1. The molecular formula is C21H23NO4S. The van der Waals surface area contributed by atoms with Gasteiger partial charge in [0, 0.05) is 19.2 Å². The summed E-state index contributed by atoms with van der Waals surface area (Å²) in [5, 5.41) is 9.19. The molecule has 1 N–H and O–H groups in total. The molecule has 6 heteroatoms. The molecule has 1 unspecified atom stereocenters. The maximum atomic E-state index is 13.1. The third-order valence-corrected chi connectivity index (χ3v) is 4.99. The molecule has 0 fully saturated rings. The lowest BCUT2D eigenvalue weighted by Crippen LogP contribution is -2.40. The van der Waals surface area contributed by atoms with Crippen LogP contribution in [0.3, 0.4) is 0 Å². The highest BCUT2D eigenvalue weighted by Crippen LogP contribution is 2.19. The number of carboxylic acids is 1. The third-order valence-electron chi connectivity index (χ3n) is 4.02. The van der Waals surface area contributed by atoms with Crippen LogP contribution < -0.4 is 0 Å². The molecule has 0 heterocycles. The third kappa shape index (κ3) is 7.27. The molecule has 5 nitrogen and oxygen atoms in total. The number of carbonyl (C=O) groups is 3. The van der Waals surface area contributed by atoms with Crippen molar-refractivity contribution in [1.29, 1.82) is 0 Å². The molecule has 1 atom stereocenters. The predicted octanol–water partition coefficient (Wildman–Crippen LogP) is 3.24. The summed E-state index contributed by atoms with van der Waals surface area (Å²) in [6.45, 7) is 1.32. The zero-order valence-electron chi connectivity index (χ0n) is 15.2. The molecule has 0 radical (unpaired) electrons. The maximum Gasteiger partial charge on any atom is 0.323 e. The minimum Gasteiger partial charge on any atom is -0.480 e. The number of aliphatic carboxylic acids is 1. The van der Waals surface area contributed by atoms with Crippen LogP contribution in [0.2, 0.25) is 0 Å². The first-order valence-electron chi connectivity index (χ1n) is 8.67. The van der Waals surface area contributed by atoms with Gasteiger partial charge in [-0.15, -0.1) is 0 Å². The average Bonchev–Trinajstić information content (AvgIpc) is 2.65. The fraction of sp³-hybridized carbons (Fsp3) is 0.286. The Hall–Kier alpha value is -2.60. The van der Waals surface area contributed by atoms with Gasteiger partial charge in [-0.1, -0.05) is 72.4 Å². The van der Waals surface area contributed by atoms with E-state index >= 15 is 0 Å². The van der Waals surface area contributed by atoms with Crippen LogP contribution in [-0.2, 0) is 27.3 Å². The second kappa shape index (κ2) is 10.5. The van der Waals surface area contributed by atoms with E-state index in [0.29, 0.717) is 12.2 Å². The summed E-state index contributed by atoms with van der Waals surface area (Å²) in [5.41, 5.74) is 1.85. The summed E-state index contributed by atoms with van der Waals surface area (Å²) in [5.74, 6) is -1.45. The van der Waals surface area contributed by atoms with Gasteiger partial charge in [0.15, 0.2) is 5.12 Å². The van der Waals surface area contributed by atoms with Crippen molar-refractivity contribution in [1.82, 2.24) is 4.90 Å². The average molecular weight is 385 g/mol. The molecule has 2 aromatic carbocycles. The number of hydrogen-bond acceptors (Lipinski definition) is 4. The number of nitrogens with zero attached hydrogens (tertiary/aromatic N) is 1. The Labute approximate surface area is 163 Å². The molecule has 142 valence electrons. The first-order valence-corrected chi connectivity index (χ1v) is 9.66. The van der Waals surface area contributed by atoms with Crippen LogP contribution in [0.15, 0.2) is 60.7 Å². The van der Waals surface area contributed by atoms with Gasteiger partial charge in [-0.2, -0.15) is 0 Å². The van der Waals surface area contributed by atoms with E-state index in [-0.39, 0.29) is 24.1 Å². The molecule has 0 aliphatic heterocycles. The van der Waals surface area contributed by atoms with E-state index in [1.54, 1.807) is 0 Å². The second-order valence-corrected chi connectivity index (χ2v) is 7.46. The highest BCUT2D eigenvalue weighted by atomic mass is 32.2. The summed E-state index contributed by atoms with van der Waals surface area (Å²) in [6, 6.07) is 18.8. The lowest BCUT2D eigenvalue weighted by atomic mass is 9.99. The van der Waals surface area contributed by atoms with Gasteiger partial charge in [-0.3, -0.25) is 14.4 Å². The van der Waals surface area contributed by atoms with Gasteiger partial charge < -0.3 is 10.0 Å². The quantitative estimate of drug-likeness (QED) is 0.717. The van der Waals surface area contributed by atoms with Crippen LogP contribution in [0.25, 0.3) is 0 Å². The number of amides is 1. The number of carbonyl (C=O) groups excluding carboxylic acids is 2. The molecule has 0 aliphatic carbocycles. The van der Waals surface area contributed by atoms with Crippen molar-refractivity contribution in [3.63, 3.8) is 0 Å². The molecule has 0 saturated carbocycles. The molecule has 0 spiro atoms. The van der Waals surface area contributed by atoms with Crippen molar-refractivity contribution in [3.05, 3.63) is 71.8 Å². The van der Waals surface area contributed by atoms with Crippen LogP contribution in [0, 0.1) is 5.92 Å². The maximum absolute atomic E-state index is 13.1. The van der Waals surface area contributed by atoms with Crippen molar-refractivity contribution in [2.24, 2.45) is 5.92 Å². The van der Waals surface area contributed by atoms with Crippen LogP contribution >= 0.6 is 11.8 Å². The molecule has 0 aromatic heterocycles. The number of benzene rings is 2. The highest BCUT2D eigenvalue weighted by Gasteiger charge is 2.27. The Morgan fingerprint density at radius 3 is 2.04 bits per heavy atom.